The maximum absolute atomic E-state index is 11.7. The molecule has 0 radical (unpaired) electrons. The highest BCUT2D eigenvalue weighted by Crippen LogP contribution is 2.43. The molecule has 2 heteroatoms. The molecule has 0 amide bonds. The summed E-state index contributed by atoms with van der Waals surface area (Å²) in [5.41, 5.74) is 4.27. The topological polar surface area (TPSA) is 29.5 Å². The lowest BCUT2D eigenvalue weighted by molar-refractivity contribution is 0.138. The van der Waals surface area contributed by atoms with Crippen molar-refractivity contribution >= 4 is 6.08 Å². The number of hydrogen-bond acceptors (Lipinski definition) is 2. The number of hydrogen-bond donors (Lipinski definition) is 1. The minimum Gasteiger partial charge on any atom is -0.497 e. The van der Waals surface area contributed by atoms with Crippen LogP contribution in [0.15, 0.2) is 121 Å². The predicted molar refractivity (Wildman–Crippen MR) is 132 cm³/mol. The third-order valence-corrected chi connectivity index (χ3v) is 5.85. The Hall–Kier alpha value is -3.62. The molecule has 0 unspecified atom stereocenters. The maximum atomic E-state index is 11.7. The van der Waals surface area contributed by atoms with E-state index in [0.717, 1.165) is 22.4 Å². The van der Waals surface area contributed by atoms with Crippen LogP contribution in [0.3, 0.4) is 0 Å². The highest BCUT2D eigenvalue weighted by atomic mass is 16.5. The molecule has 0 aliphatic carbocycles. The number of methoxy groups -OCH3 is 1. The SMILES string of the molecule is COc1ccc([C@@H](O)[C@@H](c2ccccc2)[C@H](/C=C/c2ccccc2)c2ccccc2)cc1. The van der Waals surface area contributed by atoms with Gasteiger partial charge in [-0.1, -0.05) is 115 Å². The van der Waals surface area contributed by atoms with Gasteiger partial charge in [0.25, 0.3) is 0 Å². The first-order chi connectivity index (χ1) is 15.8. The molecule has 0 aliphatic rings. The summed E-state index contributed by atoms with van der Waals surface area (Å²) >= 11 is 0. The molecule has 0 heterocycles. The lowest BCUT2D eigenvalue weighted by Crippen LogP contribution is -2.18. The van der Waals surface area contributed by atoms with Crippen LogP contribution in [0, 0.1) is 0 Å². The van der Waals surface area contributed by atoms with Crippen molar-refractivity contribution in [2.75, 3.05) is 7.11 Å². The molecule has 1 N–H and O–H groups in total. The second-order valence-corrected chi connectivity index (χ2v) is 7.86. The van der Waals surface area contributed by atoms with Gasteiger partial charge in [0.1, 0.15) is 5.75 Å². The summed E-state index contributed by atoms with van der Waals surface area (Å²) in [7, 11) is 1.65. The van der Waals surface area contributed by atoms with E-state index in [1.165, 1.54) is 5.56 Å². The van der Waals surface area contributed by atoms with Crippen molar-refractivity contribution in [3.8, 4) is 5.75 Å². The van der Waals surface area contributed by atoms with Crippen molar-refractivity contribution in [2.24, 2.45) is 0 Å². The Morgan fingerprint density at radius 1 is 0.625 bits per heavy atom. The molecule has 160 valence electrons. The highest BCUT2D eigenvalue weighted by Gasteiger charge is 2.30. The van der Waals surface area contributed by atoms with E-state index in [1.54, 1.807) is 7.11 Å². The summed E-state index contributed by atoms with van der Waals surface area (Å²) in [6.45, 7) is 0. The van der Waals surface area contributed by atoms with Crippen LogP contribution in [0.2, 0.25) is 0 Å². The summed E-state index contributed by atoms with van der Waals surface area (Å²) in [5, 5.41) is 11.7. The molecule has 0 saturated carbocycles. The minimum absolute atomic E-state index is 0.0177. The van der Waals surface area contributed by atoms with E-state index in [0.29, 0.717) is 0 Å². The normalized spacial score (nSPS) is 14.1. The van der Waals surface area contributed by atoms with Gasteiger partial charge in [0.2, 0.25) is 0 Å². The largest absolute Gasteiger partial charge is 0.497 e. The molecule has 32 heavy (non-hydrogen) atoms. The molecule has 0 spiro atoms. The van der Waals surface area contributed by atoms with Crippen LogP contribution in [0.25, 0.3) is 6.08 Å². The first kappa shape index (κ1) is 21.6. The summed E-state index contributed by atoms with van der Waals surface area (Å²) in [6.07, 6.45) is 3.68. The van der Waals surface area contributed by atoms with Gasteiger partial charge >= 0.3 is 0 Å². The van der Waals surface area contributed by atoms with E-state index < -0.39 is 6.10 Å². The summed E-state index contributed by atoms with van der Waals surface area (Å²) < 4.78 is 5.31. The van der Waals surface area contributed by atoms with E-state index in [-0.39, 0.29) is 11.8 Å². The van der Waals surface area contributed by atoms with Gasteiger partial charge in [0, 0.05) is 11.8 Å². The van der Waals surface area contributed by atoms with Gasteiger partial charge in [-0.15, -0.1) is 0 Å². The zero-order valence-electron chi connectivity index (χ0n) is 18.2. The van der Waals surface area contributed by atoms with Crippen molar-refractivity contribution in [3.05, 3.63) is 144 Å². The molecule has 0 saturated heterocycles. The van der Waals surface area contributed by atoms with Gasteiger partial charge in [-0.25, -0.2) is 0 Å². The molecule has 0 bridgehead atoms. The standard InChI is InChI=1S/C30H28O2/c1-32-27-20-18-26(19-21-27)30(31)29(25-15-9-4-10-16-25)28(24-13-7-3-8-14-24)22-17-23-11-5-2-6-12-23/h2-22,28-31H,1H3/b22-17+/t28-,29+,30-/m1/s1. The highest BCUT2D eigenvalue weighted by molar-refractivity contribution is 5.52. The van der Waals surface area contributed by atoms with Crippen molar-refractivity contribution in [1.29, 1.82) is 0 Å². The van der Waals surface area contributed by atoms with Crippen LogP contribution >= 0.6 is 0 Å². The van der Waals surface area contributed by atoms with Crippen LogP contribution in [0.4, 0.5) is 0 Å². The van der Waals surface area contributed by atoms with E-state index >= 15 is 0 Å². The number of benzene rings is 4. The van der Waals surface area contributed by atoms with Gasteiger partial charge in [0.15, 0.2) is 0 Å². The Labute approximate surface area is 190 Å². The summed E-state index contributed by atoms with van der Waals surface area (Å²) in [5.74, 6) is 0.601. The van der Waals surface area contributed by atoms with Crippen LogP contribution in [0.5, 0.6) is 5.75 Å². The monoisotopic (exact) mass is 420 g/mol. The molecule has 4 rings (SSSR count). The van der Waals surface area contributed by atoms with E-state index in [4.69, 9.17) is 4.74 Å². The molecular formula is C30H28O2. The minimum atomic E-state index is -0.686. The van der Waals surface area contributed by atoms with Crippen LogP contribution in [0.1, 0.15) is 40.2 Å². The Bertz CT molecular complexity index is 1100. The third-order valence-electron chi connectivity index (χ3n) is 5.85. The third kappa shape index (κ3) is 5.16. The number of aliphatic hydroxyl groups is 1. The number of rotatable bonds is 8. The van der Waals surface area contributed by atoms with Gasteiger partial charge in [-0.3, -0.25) is 0 Å². The second-order valence-electron chi connectivity index (χ2n) is 7.86. The second kappa shape index (κ2) is 10.6. The Kier molecular flexibility index (Phi) is 7.16. The molecule has 4 aromatic carbocycles. The zero-order valence-corrected chi connectivity index (χ0v) is 18.2. The van der Waals surface area contributed by atoms with Gasteiger partial charge in [0.05, 0.1) is 13.2 Å². The first-order valence-corrected chi connectivity index (χ1v) is 10.9. The van der Waals surface area contributed by atoms with Gasteiger partial charge in [-0.05, 0) is 34.4 Å². The van der Waals surface area contributed by atoms with E-state index in [1.807, 2.05) is 66.7 Å². The molecule has 0 fully saturated rings. The van der Waals surface area contributed by atoms with Crippen LogP contribution in [-0.4, -0.2) is 12.2 Å². The summed E-state index contributed by atoms with van der Waals surface area (Å²) in [4.78, 5) is 0. The van der Waals surface area contributed by atoms with Crippen molar-refractivity contribution < 1.29 is 9.84 Å². The van der Waals surface area contributed by atoms with Crippen LogP contribution in [-0.2, 0) is 0 Å². The molecular weight excluding hydrogens is 392 g/mol. The fourth-order valence-electron chi connectivity index (χ4n) is 4.16. The average Bonchev–Trinajstić information content (AvgIpc) is 2.88. The van der Waals surface area contributed by atoms with Crippen molar-refractivity contribution in [3.63, 3.8) is 0 Å². The van der Waals surface area contributed by atoms with Gasteiger partial charge in [-0.2, -0.15) is 0 Å². The molecule has 2 nitrogen and oxygen atoms in total. The molecule has 0 aliphatic heterocycles. The lowest BCUT2D eigenvalue weighted by atomic mass is 9.76. The number of aliphatic hydroxyl groups excluding tert-OH is 1. The van der Waals surface area contributed by atoms with Crippen molar-refractivity contribution in [2.45, 2.75) is 17.9 Å². The maximum Gasteiger partial charge on any atom is 0.118 e. The van der Waals surface area contributed by atoms with Gasteiger partial charge < -0.3 is 9.84 Å². The fourth-order valence-corrected chi connectivity index (χ4v) is 4.16. The lowest BCUT2D eigenvalue weighted by Gasteiger charge is -2.31. The van der Waals surface area contributed by atoms with E-state index in [2.05, 4.69) is 60.7 Å². The fraction of sp³-hybridized carbons (Fsp3) is 0.133. The first-order valence-electron chi connectivity index (χ1n) is 10.9. The zero-order chi connectivity index (χ0) is 22.2. The van der Waals surface area contributed by atoms with Crippen LogP contribution < -0.4 is 4.74 Å². The Balaban J connectivity index is 1.80. The Morgan fingerprint density at radius 3 is 1.72 bits per heavy atom. The van der Waals surface area contributed by atoms with E-state index in [9.17, 15) is 5.11 Å². The average molecular weight is 421 g/mol. The quantitative estimate of drug-likeness (QED) is 0.332. The molecule has 4 aromatic rings. The number of allylic oxidation sites excluding steroid dienone is 1. The smallest absolute Gasteiger partial charge is 0.118 e. The van der Waals surface area contributed by atoms with Crippen molar-refractivity contribution in [1.82, 2.24) is 0 Å². The molecule has 0 aromatic heterocycles. The predicted octanol–water partition coefficient (Wildman–Crippen LogP) is 7.01. The molecule has 3 atom stereocenters. The number of ether oxygens (including phenoxy) is 1. The summed E-state index contributed by atoms with van der Waals surface area (Å²) in [6, 6.07) is 38.7. The Morgan fingerprint density at radius 2 is 1.16 bits per heavy atom.